The van der Waals surface area contributed by atoms with Gasteiger partial charge in [0, 0.05) is 0 Å². The molecule has 2 aromatic rings. The zero-order valence-electron chi connectivity index (χ0n) is 8.58. The Morgan fingerprint density at radius 2 is 2.12 bits per heavy atom. The van der Waals surface area contributed by atoms with Gasteiger partial charge in [0.05, 0.1) is 11.8 Å². The summed E-state index contributed by atoms with van der Waals surface area (Å²) in [5, 5.41) is 11.2. The second-order valence-electron chi connectivity index (χ2n) is 3.18. The standard InChI is InChI=1S/C11H8N2O4/c14-10(7-4-5-17-6-7)13-9-3-1-2-8(12-9)11(15)16/h1-6H,(H,15,16)(H,12,13,14). The number of aromatic carboxylic acids is 1. The minimum absolute atomic E-state index is 0.130. The number of hydrogen-bond acceptors (Lipinski definition) is 4. The topological polar surface area (TPSA) is 92.4 Å². The summed E-state index contributed by atoms with van der Waals surface area (Å²) in [6.45, 7) is 0. The van der Waals surface area contributed by atoms with Crippen LogP contribution in [0.4, 0.5) is 5.82 Å². The van der Waals surface area contributed by atoms with E-state index < -0.39 is 11.9 Å². The maximum absolute atomic E-state index is 11.6. The molecule has 0 unspecified atom stereocenters. The van der Waals surface area contributed by atoms with E-state index in [1.165, 1.54) is 36.8 Å². The van der Waals surface area contributed by atoms with Gasteiger partial charge in [-0.05, 0) is 18.2 Å². The first kappa shape index (κ1) is 10.9. The number of nitrogens with zero attached hydrogens (tertiary/aromatic N) is 1. The number of anilines is 1. The SMILES string of the molecule is O=C(Nc1cccc(C(=O)O)n1)c1ccoc1. The predicted molar refractivity (Wildman–Crippen MR) is 57.9 cm³/mol. The van der Waals surface area contributed by atoms with Gasteiger partial charge in [-0.15, -0.1) is 0 Å². The molecular formula is C11H8N2O4. The molecule has 0 aliphatic carbocycles. The van der Waals surface area contributed by atoms with Crippen LogP contribution in [0.5, 0.6) is 0 Å². The molecule has 0 bridgehead atoms. The van der Waals surface area contributed by atoms with Gasteiger partial charge < -0.3 is 14.8 Å². The first-order chi connectivity index (χ1) is 8.16. The minimum atomic E-state index is -1.15. The van der Waals surface area contributed by atoms with Crippen LogP contribution in [0.3, 0.4) is 0 Å². The zero-order valence-corrected chi connectivity index (χ0v) is 8.58. The molecule has 2 rings (SSSR count). The lowest BCUT2D eigenvalue weighted by atomic mass is 10.3. The third kappa shape index (κ3) is 2.49. The number of carbonyl (C=O) groups excluding carboxylic acids is 1. The number of amides is 1. The van der Waals surface area contributed by atoms with E-state index in [4.69, 9.17) is 9.52 Å². The first-order valence-electron chi connectivity index (χ1n) is 4.71. The van der Waals surface area contributed by atoms with Gasteiger partial charge in [-0.25, -0.2) is 9.78 Å². The Kier molecular flexibility index (Phi) is 2.87. The molecule has 2 N–H and O–H groups in total. The van der Waals surface area contributed by atoms with Crippen LogP contribution in [0.1, 0.15) is 20.8 Å². The van der Waals surface area contributed by atoms with Gasteiger partial charge in [0.2, 0.25) is 0 Å². The molecule has 17 heavy (non-hydrogen) atoms. The number of hydrogen-bond donors (Lipinski definition) is 2. The van der Waals surface area contributed by atoms with E-state index in [1.807, 2.05) is 0 Å². The van der Waals surface area contributed by atoms with Gasteiger partial charge >= 0.3 is 5.97 Å². The normalized spacial score (nSPS) is 9.88. The molecule has 6 nitrogen and oxygen atoms in total. The van der Waals surface area contributed by atoms with E-state index in [-0.39, 0.29) is 11.5 Å². The summed E-state index contributed by atoms with van der Waals surface area (Å²) in [5.41, 5.74) is 0.211. The highest BCUT2D eigenvalue weighted by atomic mass is 16.4. The molecule has 0 aromatic carbocycles. The van der Waals surface area contributed by atoms with Crippen molar-refractivity contribution in [3.8, 4) is 0 Å². The lowest BCUT2D eigenvalue weighted by Gasteiger charge is -2.02. The number of pyridine rings is 1. The van der Waals surface area contributed by atoms with Crippen molar-refractivity contribution < 1.29 is 19.1 Å². The second-order valence-corrected chi connectivity index (χ2v) is 3.18. The molecule has 0 radical (unpaired) electrons. The number of carboxylic acids is 1. The first-order valence-corrected chi connectivity index (χ1v) is 4.71. The van der Waals surface area contributed by atoms with Gasteiger partial charge in [-0.1, -0.05) is 6.07 Å². The molecule has 6 heteroatoms. The summed E-state index contributed by atoms with van der Waals surface area (Å²) in [6, 6.07) is 5.85. The van der Waals surface area contributed by atoms with Gasteiger partial charge in [-0.3, -0.25) is 4.79 Å². The van der Waals surface area contributed by atoms with Crippen molar-refractivity contribution in [1.29, 1.82) is 0 Å². The van der Waals surface area contributed by atoms with Gasteiger partial charge in [0.15, 0.2) is 5.69 Å². The Labute approximate surface area is 95.9 Å². The van der Waals surface area contributed by atoms with E-state index in [0.717, 1.165) is 0 Å². The van der Waals surface area contributed by atoms with Crippen LogP contribution in [0.2, 0.25) is 0 Å². The summed E-state index contributed by atoms with van der Waals surface area (Å²) >= 11 is 0. The number of carboxylic acid groups (broad SMARTS) is 1. The molecule has 0 saturated carbocycles. The Morgan fingerprint density at radius 1 is 1.29 bits per heavy atom. The summed E-state index contributed by atoms with van der Waals surface area (Å²) in [6.07, 6.45) is 2.66. The minimum Gasteiger partial charge on any atom is -0.477 e. The number of nitrogens with one attached hydrogen (secondary N) is 1. The Morgan fingerprint density at radius 3 is 2.76 bits per heavy atom. The van der Waals surface area contributed by atoms with Crippen molar-refractivity contribution >= 4 is 17.7 Å². The number of rotatable bonds is 3. The second kappa shape index (κ2) is 4.48. The van der Waals surface area contributed by atoms with E-state index >= 15 is 0 Å². The van der Waals surface area contributed by atoms with E-state index in [0.29, 0.717) is 5.56 Å². The molecule has 86 valence electrons. The molecule has 2 heterocycles. The molecule has 2 aromatic heterocycles. The molecule has 1 amide bonds. The van der Waals surface area contributed by atoms with E-state index in [1.54, 1.807) is 0 Å². The molecule has 0 spiro atoms. The third-order valence-electron chi connectivity index (χ3n) is 1.99. The van der Waals surface area contributed by atoms with Crippen LogP contribution in [0.25, 0.3) is 0 Å². The lowest BCUT2D eigenvalue weighted by Crippen LogP contribution is -2.13. The highest BCUT2D eigenvalue weighted by Crippen LogP contribution is 2.08. The number of aromatic nitrogens is 1. The monoisotopic (exact) mass is 232 g/mol. The molecule has 0 atom stereocenters. The molecule has 0 saturated heterocycles. The fourth-order valence-electron chi connectivity index (χ4n) is 1.21. The summed E-state index contributed by atoms with van der Waals surface area (Å²) < 4.78 is 4.76. The van der Waals surface area contributed by atoms with Crippen molar-refractivity contribution in [3.63, 3.8) is 0 Å². The Hall–Kier alpha value is -2.63. The number of furan rings is 1. The van der Waals surface area contributed by atoms with Crippen LogP contribution in [-0.2, 0) is 0 Å². The average Bonchev–Trinajstić information content (AvgIpc) is 2.82. The van der Waals surface area contributed by atoms with Crippen LogP contribution < -0.4 is 5.32 Å². The number of carbonyl (C=O) groups is 2. The fraction of sp³-hybridized carbons (Fsp3) is 0. The van der Waals surface area contributed by atoms with Gasteiger partial charge in [0.1, 0.15) is 12.1 Å². The summed E-state index contributed by atoms with van der Waals surface area (Å²) in [7, 11) is 0. The lowest BCUT2D eigenvalue weighted by molar-refractivity contribution is 0.0690. The van der Waals surface area contributed by atoms with Crippen LogP contribution in [0, 0.1) is 0 Å². The molecule has 0 fully saturated rings. The van der Waals surface area contributed by atoms with Crippen molar-refractivity contribution in [2.75, 3.05) is 5.32 Å². The Bertz CT molecular complexity index is 548. The highest BCUT2D eigenvalue weighted by molar-refractivity contribution is 6.03. The zero-order chi connectivity index (χ0) is 12.3. The van der Waals surface area contributed by atoms with Gasteiger partial charge in [0.25, 0.3) is 5.91 Å². The maximum Gasteiger partial charge on any atom is 0.354 e. The smallest absolute Gasteiger partial charge is 0.354 e. The fourth-order valence-corrected chi connectivity index (χ4v) is 1.21. The summed E-state index contributed by atoms with van der Waals surface area (Å²) in [5.74, 6) is -1.38. The van der Waals surface area contributed by atoms with Crippen molar-refractivity contribution in [3.05, 3.63) is 48.0 Å². The highest BCUT2D eigenvalue weighted by Gasteiger charge is 2.10. The Balaban J connectivity index is 2.16. The largest absolute Gasteiger partial charge is 0.477 e. The van der Waals surface area contributed by atoms with Crippen molar-refractivity contribution in [1.82, 2.24) is 4.98 Å². The van der Waals surface area contributed by atoms with Crippen LogP contribution in [-0.4, -0.2) is 22.0 Å². The van der Waals surface area contributed by atoms with Crippen LogP contribution >= 0.6 is 0 Å². The molecular weight excluding hydrogens is 224 g/mol. The van der Waals surface area contributed by atoms with Crippen molar-refractivity contribution in [2.45, 2.75) is 0 Å². The van der Waals surface area contributed by atoms with E-state index in [9.17, 15) is 9.59 Å². The quantitative estimate of drug-likeness (QED) is 0.838. The molecule has 0 aliphatic rings. The predicted octanol–water partition coefficient (Wildman–Crippen LogP) is 1.63. The van der Waals surface area contributed by atoms with Crippen molar-refractivity contribution in [2.24, 2.45) is 0 Å². The third-order valence-corrected chi connectivity index (χ3v) is 1.99. The van der Waals surface area contributed by atoms with Crippen LogP contribution in [0.15, 0.2) is 41.2 Å². The van der Waals surface area contributed by atoms with Gasteiger partial charge in [-0.2, -0.15) is 0 Å². The van der Waals surface area contributed by atoms with E-state index in [2.05, 4.69) is 10.3 Å². The summed E-state index contributed by atoms with van der Waals surface area (Å²) in [4.78, 5) is 26.0. The molecule has 0 aliphatic heterocycles. The average molecular weight is 232 g/mol. The maximum atomic E-state index is 11.6.